The van der Waals surface area contributed by atoms with E-state index in [0.29, 0.717) is 24.1 Å². The summed E-state index contributed by atoms with van der Waals surface area (Å²) in [5.74, 6) is -1.06. The van der Waals surface area contributed by atoms with E-state index >= 15 is 0 Å². The average molecular weight is 455 g/mol. The van der Waals surface area contributed by atoms with Crippen LogP contribution in [0.1, 0.15) is 30.9 Å². The van der Waals surface area contributed by atoms with Gasteiger partial charge in [-0.15, -0.1) is 0 Å². The fourth-order valence-corrected chi connectivity index (χ4v) is 3.33. The molecule has 0 aliphatic carbocycles. The van der Waals surface area contributed by atoms with Crippen molar-refractivity contribution in [2.45, 2.75) is 38.9 Å². The summed E-state index contributed by atoms with van der Waals surface area (Å²) in [6, 6.07) is 10.8. The second kappa shape index (κ2) is 11.1. The van der Waals surface area contributed by atoms with Crippen molar-refractivity contribution in [2.24, 2.45) is 0 Å². The predicted molar refractivity (Wildman–Crippen MR) is 119 cm³/mol. The van der Waals surface area contributed by atoms with Crippen LogP contribution in [0.15, 0.2) is 48.5 Å². The third kappa shape index (κ3) is 6.76. The van der Waals surface area contributed by atoms with E-state index in [1.165, 1.54) is 12.1 Å². The largest absolute Gasteiger partial charge is 0.334 e. The van der Waals surface area contributed by atoms with Gasteiger partial charge in [-0.25, -0.2) is 14.0 Å². The SMILES string of the molecule is CCCC(NC(=O)NCc1ccc(F)cc1)C(=O)Nc1cccc(CN2C(=O)CNC2=O)c1. The summed E-state index contributed by atoms with van der Waals surface area (Å²) in [5, 5.41) is 10.6. The minimum absolute atomic E-state index is 0.0249. The molecule has 1 unspecified atom stereocenters. The van der Waals surface area contributed by atoms with Crippen LogP contribution < -0.4 is 21.3 Å². The third-order valence-corrected chi connectivity index (χ3v) is 5.04. The minimum atomic E-state index is -0.766. The molecule has 2 aromatic rings. The summed E-state index contributed by atoms with van der Waals surface area (Å²) in [7, 11) is 0. The van der Waals surface area contributed by atoms with Gasteiger partial charge in [0.1, 0.15) is 11.9 Å². The molecular weight excluding hydrogens is 429 g/mol. The van der Waals surface area contributed by atoms with Gasteiger partial charge in [0.2, 0.25) is 11.8 Å². The average Bonchev–Trinajstić information content (AvgIpc) is 3.11. The van der Waals surface area contributed by atoms with E-state index in [1.807, 2.05) is 6.92 Å². The molecule has 4 N–H and O–H groups in total. The zero-order valence-electron chi connectivity index (χ0n) is 18.2. The van der Waals surface area contributed by atoms with Crippen LogP contribution in [0.25, 0.3) is 0 Å². The van der Waals surface area contributed by atoms with Gasteiger partial charge in [-0.2, -0.15) is 0 Å². The number of halogens is 1. The Balaban J connectivity index is 1.56. The number of hydrogen-bond acceptors (Lipinski definition) is 4. The van der Waals surface area contributed by atoms with Crippen molar-refractivity contribution >= 4 is 29.6 Å². The Bertz CT molecular complexity index is 1010. The topological polar surface area (TPSA) is 120 Å². The van der Waals surface area contributed by atoms with Gasteiger partial charge in [-0.1, -0.05) is 37.6 Å². The fraction of sp³-hybridized carbons (Fsp3) is 0.304. The van der Waals surface area contributed by atoms with Crippen LogP contribution in [0.4, 0.5) is 19.7 Å². The number of nitrogens with one attached hydrogen (secondary N) is 4. The summed E-state index contributed by atoms with van der Waals surface area (Å²) < 4.78 is 13.0. The number of hydrogen-bond donors (Lipinski definition) is 4. The Hall–Kier alpha value is -3.95. The first-order chi connectivity index (χ1) is 15.9. The molecule has 174 valence electrons. The molecule has 0 saturated carbocycles. The van der Waals surface area contributed by atoms with Crippen molar-refractivity contribution < 1.29 is 23.6 Å². The summed E-state index contributed by atoms with van der Waals surface area (Å²) >= 11 is 0. The normalized spacial score (nSPS) is 13.9. The maximum atomic E-state index is 13.0. The Kier molecular flexibility index (Phi) is 7.96. The van der Waals surface area contributed by atoms with Crippen LogP contribution in [-0.4, -0.2) is 41.4 Å². The number of imide groups is 1. The van der Waals surface area contributed by atoms with E-state index in [-0.39, 0.29) is 37.3 Å². The number of rotatable bonds is 9. The molecule has 1 atom stereocenters. The first-order valence-electron chi connectivity index (χ1n) is 10.6. The van der Waals surface area contributed by atoms with Gasteiger partial charge in [-0.3, -0.25) is 14.5 Å². The molecule has 0 aromatic heterocycles. The summed E-state index contributed by atoms with van der Waals surface area (Å²) in [6.07, 6.45) is 1.10. The molecule has 33 heavy (non-hydrogen) atoms. The molecule has 1 heterocycles. The fourth-order valence-electron chi connectivity index (χ4n) is 3.33. The Labute approximate surface area is 190 Å². The number of anilines is 1. The van der Waals surface area contributed by atoms with Crippen LogP contribution in [-0.2, 0) is 22.7 Å². The minimum Gasteiger partial charge on any atom is -0.334 e. The molecule has 9 nitrogen and oxygen atoms in total. The van der Waals surface area contributed by atoms with Crippen molar-refractivity contribution in [1.82, 2.24) is 20.9 Å². The molecule has 1 aliphatic heterocycles. The molecule has 1 aliphatic rings. The molecule has 10 heteroatoms. The highest BCUT2D eigenvalue weighted by molar-refractivity contribution is 6.02. The molecule has 0 bridgehead atoms. The zero-order chi connectivity index (χ0) is 23.8. The van der Waals surface area contributed by atoms with Gasteiger partial charge in [0.15, 0.2) is 0 Å². The molecule has 0 spiro atoms. The Morgan fingerprint density at radius 1 is 1.12 bits per heavy atom. The quantitative estimate of drug-likeness (QED) is 0.434. The maximum Gasteiger partial charge on any atom is 0.324 e. The van der Waals surface area contributed by atoms with Gasteiger partial charge in [-0.05, 0) is 41.8 Å². The van der Waals surface area contributed by atoms with E-state index in [0.717, 1.165) is 10.5 Å². The van der Waals surface area contributed by atoms with Crippen molar-refractivity contribution in [1.29, 1.82) is 0 Å². The smallest absolute Gasteiger partial charge is 0.324 e. The molecular formula is C23H26FN5O4. The maximum absolute atomic E-state index is 13.0. The molecule has 2 aromatic carbocycles. The third-order valence-electron chi connectivity index (χ3n) is 5.04. The summed E-state index contributed by atoms with van der Waals surface area (Å²) in [5.41, 5.74) is 1.89. The molecule has 1 fully saturated rings. The first-order valence-corrected chi connectivity index (χ1v) is 10.6. The molecule has 0 radical (unpaired) electrons. The monoisotopic (exact) mass is 455 g/mol. The number of carbonyl (C=O) groups is 4. The summed E-state index contributed by atoms with van der Waals surface area (Å²) in [4.78, 5) is 49.7. The van der Waals surface area contributed by atoms with Crippen LogP contribution >= 0.6 is 0 Å². The first kappa shape index (κ1) is 23.7. The Morgan fingerprint density at radius 2 is 1.88 bits per heavy atom. The number of benzene rings is 2. The molecule has 3 rings (SSSR count). The second-order valence-electron chi connectivity index (χ2n) is 7.62. The Morgan fingerprint density at radius 3 is 2.55 bits per heavy atom. The van der Waals surface area contributed by atoms with Crippen molar-refractivity contribution in [3.63, 3.8) is 0 Å². The van der Waals surface area contributed by atoms with Crippen molar-refractivity contribution in [2.75, 3.05) is 11.9 Å². The van der Waals surface area contributed by atoms with E-state index < -0.39 is 18.1 Å². The summed E-state index contributed by atoms with van der Waals surface area (Å²) in [6.45, 7) is 2.16. The number of urea groups is 2. The lowest BCUT2D eigenvalue weighted by molar-refractivity contribution is -0.125. The highest BCUT2D eigenvalue weighted by Crippen LogP contribution is 2.15. The standard InChI is InChI=1S/C23H26FN5O4/c1-2-4-19(28-22(32)25-12-15-7-9-17(24)10-8-15)21(31)27-18-6-3-5-16(11-18)14-29-20(30)13-26-23(29)33/h3,5-11,19H,2,4,12-14H2,1H3,(H,26,33)(H,27,31)(H2,25,28,32). The van der Waals surface area contributed by atoms with E-state index in [9.17, 15) is 23.6 Å². The van der Waals surface area contributed by atoms with Gasteiger partial charge >= 0.3 is 12.1 Å². The van der Waals surface area contributed by atoms with E-state index in [4.69, 9.17) is 0 Å². The lowest BCUT2D eigenvalue weighted by Gasteiger charge is -2.19. The van der Waals surface area contributed by atoms with Crippen LogP contribution in [0.3, 0.4) is 0 Å². The number of carbonyl (C=O) groups excluding carboxylic acids is 4. The predicted octanol–water partition coefficient (Wildman–Crippen LogP) is 2.48. The highest BCUT2D eigenvalue weighted by Gasteiger charge is 2.28. The van der Waals surface area contributed by atoms with Crippen molar-refractivity contribution in [3.8, 4) is 0 Å². The zero-order valence-corrected chi connectivity index (χ0v) is 18.2. The van der Waals surface area contributed by atoms with Crippen molar-refractivity contribution in [3.05, 3.63) is 65.5 Å². The number of nitrogens with zero attached hydrogens (tertiary/aromatic N) is 1. The second-order valence-corrected chi connectivity index (χ2v) is 7.62. The lowest BCUT2D eigenvalue weighted by atomic mass is 10.1. The van der Waals surface area contributed by atoms with Gasteiger partial charge in [0, 0.05) is 12.2 Å². The number of amides is 6. The van der Waals surface area contributed by atoms with Crippen LogP contribution in [0.2, 0.25) is 0 Å². The molecule has 6 amide bonds. The van der Waals surface area contributed by atoms with Crippen LogP contribution in [0.5, 0.6) is 0 Å². The highest BCUT2D eigenvalue weighted by atomic mass is 19.1. The van der Waals surface area contributed by atoms with E-state index in [2.05, 4.69) is 21.3 Å². The van der Waals surface area contributed by atoms with Gasteiger partial charge in [0.25, 0.3) is 0 Å². The van der Waals surface area contributed by atoms with E-state index in [1.54, 1.807) is 36.4 Å². The van der Waals surface area contributed by atoms with Gasteiger partial charge < -0.3 is 21.3 Å². The molecule has 1 saturated heterocycles. The van der Waals surface area contributed by atoms with Crippen LogP contribution in [0, 0.1) is 5.82 Å². The van der Waals surface area contributed by atoms with Gasteiger partial charge in [0.05, 0.1) is 13.1 Å². The lowest BCUT2D eigenvalue weighted by Crippen LogP contribution is -2.47.